The van der Waals surface area contributed by atoms with Gasteiger partial charge in [-0.3, -0.25) is 4.79 Å². The third-order valence-electron chi connectivity index (χ3n) is 0.737. The molecule has 10 heavy (non-hydrogen) atoms. The van der Waals surface area contributed by atoms with Crippen molar-refractivity contribution in [2.45, 2.75) is 12.8 Å². The molecule has 0 heterocycles. The number of guanidine groups is 1. The van der Waals surface area contributed by atoms with Crippen molar-refractivity contribution in [1.82, 2.24) is 0 Å². The first-order valence-corrected chi connectivity index (χ1v) is 2.72. The van der Waals surface area contributed by atoms with Gasteiger partial charge in [-0.2, -0.15) is 4.99 Å². The predicted molar refractivity (Wildman–Crippen MR) is 38.9 cm³/mol. The van der Waals surface area contributed by atoms with Crippen molar-refractivity contribution in [1.29, 1.82) is 0 Å². The van der Waals surface area contributed by atoms with Gasteiger partial charge in [0, 0.05) is 12.8 Å². The summed E-state index contributed by atoms with van der Waals surface area (Å²) in [5, 5.41) is 0. The molecule has 0 spiro atoms. The van der Waals surface area contributed by atoms with Crippen LogP contribution in [0.4, 0.5) is 0 Å². The number of carbonyl (C=O) groups excluding carboxylic acids is 1. The number of terminal acetylenes is 1. The molecule has 0 aliphatic rings. The van der Waals surface area contributed by atoms with Crippen LogP contribution in [0.15, 0.2) is 4.99 Å². The summed E-state index contributed by atoms with van der Waals surface area (Å²) < 4.78 is 0. The van der Waals surface area contributed by atoms with Crippen molar-refractivity contribution >= 4 is 11.9 Å². The fraction of sp³-hybridized carbons (Fsp3) is 0.333. The van der Waals surface area contributed by atoms with Crippen LogP contribution in [0.1, 0.15) is 12.8 Å². The van der Waals surface area contributed by atoms with Gasteiger partial charge in [-0.25, -0.2) is 0 Å². The largest absolute Gasteiger partial charge is 0.370 e. The van der Waals surface area contributed by atoms with Crippen molar-refractivity contribution in [3.8, 4) is 12.3 Å². The lowest BCUT2D eigenvalue weighted by molar-refractivity contribution is -0.117. The van der Waals surface area contributed by atoms with Gasteiger partial charge >= 0.3 is 0 Å². The van der Waals surface area contributed by atoms with Gasteiger partial charge in [-0.15, -0.1) is 12.3 Å². The molecule has 1 amide bonds. The molecule has 0 aromatic carbocycles. The van der Waals surface area contributed by atoms with Gasteiger partial charge in [0.1, 0.15) is 0 Å². The lowest BCUT2D eigenvalue weighted by Crippen LogP contribution is -2.24. The number of hydrogen-bond donors (Lipinski definition) is 2. The highest BCUT2D eigenvalue weighted by Gasteiger charge is 1.95. The summed E-state index contributed by atoms with van der Waals surface area (Å²) in [4.78, 5) is 13.8. The number of hydrogen-bond acceptors (Lipinski definition) is 1. The molecular weight excluding hydrogens is 130 g/mol. The summed E-state index contributed by atoms with van der Waals surface area (Å²) in [5.41, 5.74) is 9.84. The fourth-order valence-corrected chi connectivity index (χ4v) is 0.379. The number of carbonyl (C=O) groups is 1. The number of rotatable bonds is 2. The van der Waals surface area contributed by atoms with E-state index in [4.69, 9.17) is 17.9 Å². The lowest BCUT2D eigenvalue weighted by Gasteiger charge is -1.89. The SMILES string of the molecule is C#CCCC(=O)N=C(N)N. The average molecular weight is 139 g/mol. The minimum Gasteiger partial charge on any atom is -0.370 e. The third kappa shape index (κ3) is 4.65. The molecule has 0 unspecified atom stereocenters. The van der Waals surface area contributed by atoms with Gasteiger partial charge < -0.3 is 11.5 Å². The Morgan fingerprint density at radius 1 is 1.60 bits per heavy atom. The molecule has 0 aliphatic carbocycles. The first kappa shape index (κ1) is 8.50. The summed E-state index contributed by atoms with van der Waals surface area (Å²) in [6.07, 6.45) is 5.47. The molecule has 0 saturated carbocycles. The zero-order valence-electron chi connectivity index (χ0n) is 5.50. The van der Waals surface area contributed by atoms with E-state index in [0.29, 0.717) is 6.42 Å². The topological polar surface area (TPSA) is 81.5 Å². The minimum absolute atomic E-state index is 0.203. The molecule has 4 N–H and O–H groups in total. The molecule has 0 fully saturated rings. The van der Waals surface area contributed by atoms with E-state index in [1.807, 2.05) is 0 Å². The van der Waals surface area contributed by atoms with E-state index in [-0.39, 0.29) is 18.3 Å². The Hall–Kier alpha value is -1.50. The van der Waals surface area contributed by atoms with Crippen molar-refractivity contribution in [2.24, 2.45) is 16.5 Å². The molecule has 0 bridgehead atoms. The van der Waals surface area contributed by atoms with Gasteiger partial charge in [0.05, 0.1) is 0 Å². The van der Waals surface area contributed by atoms with E-state index in [0.717, 1.165) is 0 Å². The molecular formula is C6H9N3O. The summed E-state index contributed by atoms with van der Waals surface area (Å²) >= 11 is 0. The molecule has 0 saturated heterocycles. The molecule has 0 aromatic rings. The third-order valence-corrected chi connectivity index (χ3v) is 0.737. The second-order valence-corrected chi connectivity index (χ2v) is 1.63. The van der Waals surface area contributed by atoms with Crippen LogP contribution in [-0.2, 0) is 4.79 Å². The van der Waals surface area contributed by atoms with E-state index in [2.05, 4.69) is 10.9 Å². The van der Waals surface area contributed by atoms with Crippen molar-refractivity contribution in [3.05, 3.63) is 0 Å². The highest BCUT2D eigenvalue weighted by atomic mass is 16.1. The second kappa shape index (κ2) is 4.39. The molecule has 54 valence electrons. The quantitative estimate of drug-likeness (QED) is 0.298. The van der Waals surface area contributed by atoms with Gasteiger partial charge in [0.25, 0.3) is 0 Å². The summed E-state index contributed by atoms with van der Waals surface area (Å²) in [7, 11) is 0. The van der Waals surface area contributed by atoms with Crippen molar-refractivity contribution in [3.63, 3.8) is 0 Å². The number of aliphatic imine (C=N–C) groups is 1. The Morgan fingerprint density at radius 3 is 2.60 bits per heavy atom. The fourth-order valence-electron chi connectivity index (χ4n) is 0.379. The van der Waals surface area contributed by atoms with Crippen LogP contribution in [0.5, 0.6) is 0 Å². The smallest absolute Gasteiger partial charge is 0.249 e. The summed E-state index contributed by atoms with van der Waals surface area (Å²) in [6, 6.07) is 0. The predicted octanol–water partition coefficient (Wildman–Crippen LogP) is -0.800. The van der Waals surface area contributed by atoms with E-state index in [1.165, 1.54) is 0 Å². The van der Waals surface area contributed by atoms with E-state index >= 15 is 0 Å². The van der Waals surface area contributed by atoms with Crippen LogP contribution in [0.25, 0.3) is 0 Å². The van der Waals surface area contributed by atoms with Crippen molar-refractivity contribution in [2.75, 3.05) is 0 Å². The van der Waals surface area contributed by atoms with Crippen LogP contribution >= 0.6 is 0 Å². The number of nitrogens with two attached hydrogens (primary N) is 2. The van der Waals surface area contributed by atoms with E-state index in [9.17, 15) is 4.79 Å². The van der Waals surface area contributed by atoms with Gasteiger partial charge in [0.15, 0.2) is 5.96 Å². The van der Waals surface area contributed by atoms with Crippen LogP contribution < -0.4 is 11.5 Å². The van der Waals surface area contributed by atoms with Crippen LogP contribution in [-0.4, -0.2) is 11.9 Å². The molecule has 0 aliphatic heterocycles. The zero-order chi connectivity index (χ0) is 7.98. The zero-order valence-corrected chi connectivity index (χ0v) is 5.50. The van der Waals surface area contributed by atoms with Gasteiger partial charge in [0.2, 0.25) is 5.91 Å². The lowest BCUT2D eigenvalue weighted by atomic mass is 10.3. The maximum atomic E-state index is 10.6. The average Bonchev–Trinajstić information content (AvgIpc) is 1.82. The molecule has 0 aromatic heterocycles. The standard InChI is InChI=1S/C6H9N3O/c1-2-3-4-5(10)9-6(7)8/h1H,3-4H2,(H4,7,8,9,10). The van der Waals surface area contributed by atoms with Crippen LogP contribution in [0.3, 0.4) is 0 Å². The maximum absolute atomic E-state index is 10.6. The Morgan fingerprint density at radius 2 is 2.20 bits per heavy atom. The van der Waals surface area contributed by atoms with Gasteiger partial charge in [-0.1, -0.05) is 0 Å². The summed E-state index contributed by atoms with van der Waals surface area (Å²) in [6.45, 7) is 0. The number of nitrogens with zero attached hydrogens (tertiary/aromatic N) is 1. The van der Waals surface area contributed by atoms with Crippen LogP contribution in [0.2, 0.25) is 0 Å². The first-order valence-electron chi connectivity index (χ1n) is 2.72. The Kier molecular flexibility index (Phi) is 3.73. The molecule has 0 radical (unpaired) electrons. The Labute approximate surface area is 59.3 Å². The van der Waals surface area contributed by atoms with Crippen molar-refractivity contribution < 1.29 is 4.79 Å². The highest BCUT2D eigenvalue weighted by molar-refractivity contribution is 5.91. The van der Waals surface area contributed by atoms with Gasteiger partial charge in [-0.05, 0) is 0 Å². The Balaban J connectivity index is 3.68. The van der Waals surface area contributed by atoms with Crippen LogP contribution in [0, 0.1) is 12.3 Å². The monoisotopic (exact) mass is 139 g/mol. The van der Waals surface area contributed by atoms with E-state index in [1.54, 1.807) is 0 Å². The molecule has 0 rings (SSSR count). The highest BCUT2D eigenvalue weighted by Crippen LogP contribution is 1.88. The van der Waals surface area contributed by atoms with E-state index < -0.39 is 0 Å². The molecule has 4 heteroatoms. The normalized spacial score (nSPS) is 7.90. The number of amides is 1. The molecule has 0 atom stereocenters. The Bertz CT molecular complexity index is 186. The molecule has 4 nitrogen and oxygen atoms in total. The summed E-state index contributed by atoms with van der Waals surface area (Å²) in [5.74, 6) is 1.70. The minimum atomic E-state index is -0.377. The first-order chi connectivity index (χ1) is 4.66. The second-order valence-electron chi connectivity index (χ2n) is 1.63. The maximum Gasteiger partial charge on any atom is 0.249 e.